The minimum absolute atomic E-state index is 0.128. The van der Waals surface area contributed by atoms with Crippen LogP contribution in [0.4, 0.5) is 0 Å². The van der Waals surface area contributed by atoms with Gasteiger partial charge >= 0.3 is 0 Å². The number of rotatable bonds is 10. The van der Waals surface area contributed by atoms with Crippen molar-refractivity contribution < 1.29 is 5.11 Å². The summed E-state index contributed by atoms with van der Waals surface area (Å²) in [5.41, 5.74) is 11.9. The van der Waals surface area contributed by atoms with Gasteiger partial charge in [0.05, 0.1) is 12.1 Å². The monoisotopic (exact) mass is 721 g/mol. The molecule has 3 heterocycles. The highest BCUT2D eigenvalue weighted by Gasteiger charge is 2.42. The molecule has 0 spiro atoms. The number of benzene rings is 5. The molecule has 55 heavy (non-hydrogen) atoms. The van der Waals surface area contributed by atoms with E-state index in [0.29, 0.717) is 12.2 Å². The zero-order chi connectivity index (χ0) is 37.5. The predicted molar refractivity (Wildman–Crippen MR) is 217 cm³/mol. The summed E-state index contributed by atoms with van der Waals surface area (Å²) in [7, 11) is 0. The van der Waals surface area contributed by atoms with Crippen molar-refractivity contribution in [1.29, 1.82) is 0 Å². The van der Waals surface area contributed by atoms with Gasteiger partial charge in [0.1, 0.15) is 16.9 Å². The second-order valence-corrected chi connectivity index (χ2v) is 14.6. The fraction of sp³-hybridized carbons (Fsp3) is 0.213. The molecule has 8 aromatic rings. The van der Waals surface area contributed by atoms with E-state index in [0.717, 1.165) is 80.9 Å². The summed E-state index contributed by atoms with van der Waals surface area (Å²) in [5.74, 6) is 1.72. The van der Waals surface area contributed by atoms with Crippen LogP contribution in [0.25, 0.3) is 33.7 Å². The number of aliphatic hydroxyl groups is 1. The number of aliphatic hydroxyl groups excluding tert-OH is 1. The number of hydrogen-bond acceptors (Lipinski definition) is 6. The number of fused-ring (bicyclic) bond motifs is 2. The summed E-state index contributed by atoms with van der Waals surface area (Å²) in [5, 5.41) is 24.1. The van der Waals surface area contributed by atoms with Crippen LogP contribution in [0.15, 0.2) is 140 Å². The lowest BCUT2D eigenvalue weighted by Gasteiger charge is -2.36. The molecule has 2 unspecified atom stereocenters. The smallest absolute Gasteiger partial charge is 0.184 e. The molecule has 0 radical (unpaired) electrons. The van der Waals surface area contributed by atoms with Crippen molar-refractivity contribution >= 4 is 11.2 Å². The fourth-order valence-electron chi connectivity index (χ4n) is 8.76. The maximum absolute atomic E-state index is 10.2. The van der Waals surface area contributed by atoms with Gasteiger partial charge in [-0.3, -0.25) is 0 Å². The second kappa shape index (κ2) is 14.2. The third-order valence-corrected chi connectivity index (χ3v) is 11.1. The molecule has 1 aliphatic carbocycles. The zero-order valence-electron chi connectivity index (χ0n) is 31.3. The Kier molecular flexibility index (Phi) is 8.91. The molecule has 0 aliphatic heterocycles. The van der Waals surface area contributed by atoms with Crippen molar-refractivity contribution in [2.75, 3.05) is 0 Å². The molecule has 1 aliphatic rings. The summed E-state index contributed by atoms with van der Waals surface area (Å²) in [6.07, 6.45) is 2.77. The SMILES string of the molecule is CCc1nc2c(C)cc(CC(C)O)nc2n1C1CCc2cc(-c3ccccc3-c3nnnn3C(c3ccccc3)(c3ccccc3)c3ccccc3)ccc21. The van der Waals surface area contributed by atoms with E-state index in [-0.39, 0.29) is 6.04 Å². The number of hydrogen-bond donors (Lipinski definition) is 1. The van der Waals surface area contributed by atoms with Crippen LogP contribution in [0.2, 0.25) is 0 Å². The molecule has 0 bridgehead atoms. The summed E-state index contributed by atoms with van der Waals surface area (Å²) in [4.78, 5) is 10.2. The number of aryl methyl sites for hydroxylation is 3. The molecule has 5 aromatic carbocycles. The largest absolute Gasteiger partial charge is 0.393 e. The van der Waals surface area contributed by atoms with Crippen LogP contribution in [0, 0.1) is 6.92 Å². The van der Waals surface area contributed by atoms with Crippen molar-refractivity contribution in [3.8, 4) is 22.5 Å². The second-order valence-electron chi connectivity index (χ2n) is 14.6. The van der Waals surface area contributed by atoms with E-state index in [1.54, 1.807) is 0 Å². The minimum atomic E-state index is -0.854. The first-order valence-corrected chi connectivity index (χ1v) is 19.2. The van der Waals surface area contributed by atoms with E-state index in [9.17, 15) is 5.11 Å². The summed E-state index contributed by atoms with van der Waals surface area (Å²) in [6.45, 7) is 6.07. The molecule has 1 N–H and O–H groups in total. The van der Waals surface area contributed by atoms with Gasteiger partial charge in [-0.1, -0.05) is 140 Å². The van der Waals surface area contributed by atoms with Gasteiger partial charge in [-0.15, -0.1) is 5.10 Å². The van der Waals surface area contributed by atoms with E-state index >= 15 is 0 Å². The first-order valence-electron chi connectivity index (χ1n) is 19.2. The Morgan fingerprint density at radius 3 is 2.00 bits per heavy atom. The quantitative estimate of drug-likeness (QED) is 0.142. The summed E-state index contributed by atoms with van der Waals surface area (Å²) >= 11 is 0. The maximum Gasteiger partial charge on any atom is 0.184 e. The standard InChI is InChI=1S/C47H43N7O/c1-4-43-49-44-31(2)28-38(29-32(3)55)48-46(44)53(43)42-27-25-34-30-33(24-26-40(34)42)39-22-14-15-23-41(39)45-50-51-52-54(45)47(35-16-8-5-9-17-35,36-18-10-6-11-19-36)37-20-12-7-13-21-37/h5-24,26,28,30,32,42,55H,4,25,27,29H2,1-3H3. The van der Waals surface area contributed by atoms with Gasteiger partial charge in [-0.25, -0.2) is 14.6 Å². The Bertz CT molecular complexity index is 2520. The van der Waals surface area contributed by atoms with Crippen LogP contribution in [-0.4, -0.2) is 46.0 Å². The number of aromatic nitrogens is 7. The molecule has 3 aromatic heterocycles. The molecule has 0 amide bonds. The Morgan fingerprint density at radius 2 is 1.38 bits per heavy atom. The number of nitrogens with zero attached hydrogens (tertiary/aromatic N) is 7. The first-order chi connectivity index (χ1) is 27.0. The normalized spacial score (nSPS) is 14.7. The highest BCUT2D eigenvalue weighted by molar-refractivity contribution is 5.82. The number of imidazole rings is 1. The van der Waals surface area contributed by atoms with Crippen LogP contribution < -0.4 is 0 Å². The highest BCUT2D eigenvalue weighted by atomic mass is 16.3. The maximum atomic E-state index is 10.2. The molecular formula is C47H43N7O. The molecule has 0 saturated carbocycles. The predicted octanol–water partition coefficient (Wildman–Crippen LogP) is 8.92. The van der Waals surface area contributed by atoms with E-state index in [4.69, 9.17) is 20.3 Å². The highest BCUT2D eigenvalue weighted by Crippen LogP contribution is 2.45. The first kappa shape index (κ1) is 34.5. The van der Waals surface area contributed by atoms with Crippen molar-refractivity contribution in [2.45, 2.75) is 64.1 Å². The zero-order valence-corrected chi connectivity index (χ0v) is 31.3. The van der Waals surface area contributed by atoms with E-state index < -0.39 is 11.6 Å². The Hall–Kier alpha value is -6.25. The minimum Gasteiger partial charge on any atom is -0.393 e. The molecule has 8 heteroatoms. The molecule has 0 fully saturated rings. The van der Waals surface area contributed by atoms with E-state index in [2.05, 4.69) is 145 Å². The Morgan fingerprint density at radius 1 is 0.764 bits per heavy atom. The molecule has 8 nitrogen and oxygen atoms in total. The van der Waals surface area contributed by atoms with Crippen LogP contribution >= 0.6 is 0 Å². The summed E-state index contributed by atoms with van der Waals surface area (Å²) < 4.78 is 4.37. The van der Waals surface area contributed by atoms with E-state index in [1.165, 1.54) is 11.1 Å². The van der Waals surface area contributed by atoms with Gasteiger partial charge in [-0.05, 0) is 87.7 Å². The van der Waals surface area contributed by atoms with Gasteiger partial charge in [-0.2, -0.15) is 0 Å². The van der Waals surface area contributed by atoms with Crippen LogP contribution in [-0.2, 0) is 24.8 Å². The van der Waals surface area contributed by atoms with Crippen molar-refractivity contribution in [2.24, 2.45) is 0 Å². The third kappa shape index (κ3) is 5.85. The average Bonchev–Trinajstić information content (AvgIpc) is 3.97. The Balaban J connectivity index is 1.17. The van der Waals surface area contributed by atoms with Gasteiger partial charge in [0.15, 0.2) is 11.5 Å². The lowest BCUT2D eigenvalue weighted by Crippen LogP contribution is -2.39. The van der Waals surface area contributed by atoms with E-state index in [1.807, 2.05) is 29.8 Å². The topological polar surface area (TPSA) is 94.5 Å². The van der Waals surface area contributed by atoms with Crippen molar-refractivity contribution in [3.05, 3.63) is 184 Å². The number of tetrazole rings is 1. The fourth-order valence-corrected chi connectivity index (χ4v) is 8.76. The average molecular weight is 722 g/mol. The molecule has 0 saturated heterocycles. The number of pyridine rings is 1. The van der Waals surface area contributed by atoms with Crippen molar-refractivity contribution in [3.63, 3.8) is 0 Å². The van der Waals surface area contributed by atoms with Gasteiger partial charge in [0, 0.05) is 24.1 Å². The van der Waals surface area contributed by atoms with Crippen LogP contribution in [0.1, 0.15) is 71.2 Å². The van der Waals surface area contributed by atoms with Gasteiger partial charge < -0.3 is 9.67 Å². The lowest BCUT2D eigenvalue weighted by molar-refractivity contribution is 0.194. The summed E-state index contributed by atoms with van der Waals surface area (Å²) in [6, 6.07) is 49.1. The lowest BCUT2D eigenvalue weighted by atomic mass is 9.77. The van der Waals surface area contributed by atoms with Gasteiger partial charge in [0.25, 0.3) is 0 Å². The molecule has 9 rings (SSSR count). The molecule has 272 valence electrons. The van der Waals surface area contributed by atoms with Crippen molar-refractivity contribution in [1.82, 2.24) is 34.7 Å². The van der Waals surface area contributed by atoms with Gasteiger partial charge in [0.2, 0.25) is 0 Å². The molecule has 2 atom stereocenters. The Labute approximate surface area is 321 Å². The van der Waals surface area contributed by atoms with Crippen LogP contribution in [0.3, 0.4) is 0 Å². The third-order valence-electron chi connectivity index (χ3n) is 11.1. The van der Waals surface area contributed by atoms with Crippen LogP contribution in [0.5, 0.6) is 0 Å². The molecular weight excluding hydrogens is 679 g/mol.